The standard InChI is InChI=1S/C15H21NO3/c1-12-2-4-13(5-3-12)14(17)6-7-15(18)16-8-10-19-11-9-16/h2-5,14,17H,6-11H2,1H3. The quantitative estimate of drug-likeness (QED) is 0.899. The van der Waals surface area contributed by atoms with Gasteiger partial charge >= 0.3 is 0 Å². The molecule has 0 aromatic heterocycles. The van der Waals surface area contributed by atoms with E-state index in [1.165, 1.54) is 5.56 Å². The van der Waals surface area contributed by atoms with Crippen molar-refractivity contribution in [3.05, 3.63) is 35.4 Å². The third kappa shape index (κ3) is 4.04. The van der Waals surface area contributed by atoms with Crippen LogP contribution in [0, 0.1) is 6.92 Å². The van der Waals surface area contributed by atoms with Gasteiger partial charge in [-0.1, -0.05) is 29.8 Å². The van der Waals surface area contributed by atoms with Gasteiger partial charge in [0, 0.05) is 19.5 Å². The van der Waals surface area contributed by atoms with Crippen LogP contribution in [-0.2, 0) is 9.53 Å². The van der Waals surface area contributed by atoms with E-state index in [1.807, 2.05) is 36.1 Å². The zero-order valence-electron chi connectivity index (χ0n) is 11.3. The zero-order chi connectivity index (χ0) is 13.7. The van der Waals surface area contributed by atoms with E-state index in [9.17, 15) is 9.90 Å². The molecule has 1 aromatic rings. The Morgan fingerprint density at radius 1 is 1.32 bits per heavy atom. The largest absolute Gasteiger partial charge is 0.388 e. The number of aryl methyl sites for hydroxylation is 1. The molecule has 0 radical (unpaired) electrons. The third-order valence-corrected chi connectivity index (χ3v) is 3.46. The number of aliphatic hydroxyl groups is 1. The number of nitrogens with zero attached hydrogens (tertiary/aromatic N) is 1. The number of rotatable bonds is 4. The number of carbonyl (C=O) groups is 1. The molecule has 1 N–H and O–H groups in total. The predicted octanol–water partition coefficient (Wildman–Crippen LogP) is 1.67. The Bertz CT molecular complexity index is 410. The summed E-state index contributed by atoms with van der Waals surface area (Å²) in [6, 6.07) is 7.78. The second kappa shape index (κ2) is 6.68. The smallest absolute Gasteiger partial charge is 0.222 e. The van der Waals surface area contributed by atoms with Crippen LogP contribution >= 0.6 is 0 Å². The van der Waals surface area contributed by atoms with Crippen LogP contribution < -0.4 is 0 Å². The van der Waals surface area contributed by atoms with Crippen LogP contribution in [0.3, 0.4) is 0 Å². The number of hydrogen-bond acceptors (Lipinski definition) is 3. The normalized spacial score (nSPS) is 17.3. The molecule has 4 heteroatoms. The Hall–Kier alpha value is -1.39. The number of ether oxygens (including phenoxy) is 1. The molecule has 104 valence electrons. The molecule has 0 saturated carbocycles. The van der Waals surface area contributed by atoms with Gasteiger partial charge < -0.3 is 14.7 Å². The highest BCUT2D eigenvalue weighted by molar-refractivity contribution is 5.76. The highest BCUT2D eigenvalue weighted by atomic mass is 16.5. The number of morpholine rings is 1. The van der Waals surface area contributed by atoms with Gasteiger partial charge in [-0.05, 0) is 18.9 Å². The first kappa shape index (κ1) is 14.0. The molecule has 1 fully saturated rings. The van der Waals surface area contributed by atoms with E-state index in [0.717, 1.165) is 5.56 Å². The minimum Gasteiger partial charge on any atom is -0.388 e. The summed E-state index contributed by atoms with van der Waals surface area (Å²) in [4.78, 5) is 13.8. The van der Waals surface area contributed by atoms with Gasteiger partial charge in [0.1, 0.15) is 0 Å². The van der Waals surface area contributed by atoms with Crippen LogP contribution in [-0.4, -0.2) is 42.2 Å². The Kier molecular flexibility index (Phi) is 4.93. The van der Waals surface area contributed by atoms with Crippen LogP contribution in [0.4, 0.5) is 0 Å². The van der Waals surface area contributed by atoms with Crippen molar-refractivity contribution in [2.75, 3.05) is 26.3 Å². The number of benzene rings is 1. The van der Waals surface area contributed by atoms with Crippen molar-refractivity contribution in [3.63, 3.8) is 0 Å². The van der Waals surface area contributed by atoms with E-state index in [-0.39, 0.29) is 5.91 Å². The number of carbonyl (C=O) groups excluding carboxylic acids is 1. The van der Waals surface area contributed by atoms with Crippen LogP contribution in [0.15, 0.2) is 24.3 Å². The van der Waals surface area contributed by atoms with Crippen LogP contribution in [0.2, 0.25) is 0 Å². The molecular weight excluding hydrogens is 242 g/mol. The number of amides is 1. The summed E-state index contributed by atoms with van der Waals surface area (Å²) >= 11 is 0. The summed E-state index contributed by atoms with van der Waals surface area (Å²) < 4.78 is 5.21. The van der Waals surface area contributed by atoms with Crippen molar-refractivity contribution in [2.45, 2.75) is 25.9 Å². The van der Waals surface area contributed by atoms with Gasteiger partial charge in [0.25, 0.3) is 0 Å². The molecular formula is C15H21NO3. The van der Waals surface area contributed by atoms with Gasteiger partial charge in [-0.2, -0.15) is 0 Å². The highest BCUT2D eigenvalue weighted by Crippen LogP contribution is 2.19. The molecule has 1 aliphatic heterocycles. The first-order valence-corrected chi connectivity index (χ1v) is 6.77. The second-order valence-electron chi connectivity index (χ2n) is 4.96. The van der Waals surface area contributed by atoms with Gasteiger partial charge in [-0.3, -0.25) is 4.79 Å². The maximum absolute atomic E-state index is 11.9. The van der Waals surface area contributed by atoms with E-state index in [0.29, 0.717) is 39.1 Å². The molecule has 1 amide bonds. The van der Waals surface area contributed by atoms with Crippen LogP contribution in [0.5, 0.6) is 0 Å². The summed E-state index contributed by atoms with van der Waals surface area (Å²) in [5.41, 5.74) is 2.04. The SMILES string of the molecule is Cc1ccc(C(O)CCC(=O)N2CCOCC2)cc1. The molecule has 2 rings (SSSR count). The molecule has 1 aromatic carbocycles. The van der Waals surface area contributed by atoms with Crippen molar-refractivity contribution in [2.24, 2.45) is 0 Å². The van der Waals surface area contributed by atoms with E-state index >= 15 is 0 Å². The summed E-state index contributed by atoms with van der Waals surface area (Å²) in [5, 5.41) is 10.1. The Labute approximate surface area is 114 Å². The lowest BCUT2D eigenvalue weighted by Gasteiger charge is -2.27. The molecule has 1 unspecified atom stereocenters. The minimum atomic E-state index is -0.564. The Morgan fingerprint density at radius 3 is 2.58 bits per heavy atom. The van der Waals surface area contributed by atoms with Crippen molar-refractivity contribution < 1.29 is 14.6 Å². The van der Waals surface area contributed by atoms with Crippen molar-refractivity contribution in [1.29, 1.82) is 0 Å². The fourth-order valence-electron chi connectivity index (χ4n) is 2.19. The monoisotopic (exact) mass is 263 g/mol. The van der Waals surface area contributed by atoms with E-state index in [2.05, 4.69) is 0 Å². The molecule has 1 heterocycles. The maximum Gasteiger partial charge on any atom is 0.222 e. The summed E-state index contributed by atoms with van der Waals surface area (Å²) in [6.07, 6.45) is 0.291. The molecule has 0 bridgehead atoms. The third-order valence-electron chi connectivity index (χ3n) is 3.46. The number of hydrogen-bond donors (Lipinski definition) is 1. The molecule has 1 atom stereocenters. The number of aliphatic hydroxyl groups excluding tert-OH is 1. The average molecular weight is 263 g/mol. The second-order valence-corrected chi connectivity index (χ2v) is 4.96. The maximum atomic E-state index is 11.9. The molecule has 0 aliphatic carbocycles. The molecule has 19 heavy (non-hydrogen) atoms. The van der Waals surface area contributed by atoms with Gasteiger partial charge in [-0.25, -0.2) is 0 Å². The van der Waals surface area contributed by atoms with Crippen molar-refractivity contribution in [1.82, 2.24) is 4.90 Å². The van der Waals surface area contributed by atoms with E-state index in [4.69, 9.17) is 4.74 Å². The molecule has 4 nitrogen and oxygen atoms in total. The van der Waals surface area contributed by atoms with Crippen molar-refractivity contribution >= 4 is 5.91 Å². The minimum absolute atomic E-state index is 0.106. The average Bonchev–Trinajstić information content (AvgIpc) is 2.46. The fourth-order valence-corrected chi connectivity index (χ4v) is 2.19. The summed E-state index contributed by atoms with van der Waals surface area (Å²) in [6.45, 7) is 4.58. The van der Waals surface area contributed by atoms with Gasteiger partial charge in [-0.15, -0.1) is 0 Å². The molecule has 0 spiro atoms. The predicted molar refractivity (Wildman–Crippen MR) is 72.8 cm³/mol. The lowest BCUT2D eigenvalue weighted by Crippen LogP contribution is -2.40. The first-order valence-electron chi connectivity index (χ1n) is 6.77. The van der Waals surface area contributed by atoms with Gasteiger partial charge in [0.05, 0.1) is 19.3 Å². The molecule has 1 saturated heterocycles. The van der Waals surface area contributed by atoms with Crippen LogP contribution in [0.25, 0.3) is 0 Å². The lowest BCUT2D eigenvalue weighted by molar-refractivity contribution is -0.135. The van der Waals surface area contributed by atoms with E-state index in [1.54, 1.807) is 0 Å². The van der Waals surface area contributed by atoms with Crippen molar-refractivity contribution in [3.8, 4) is 0 Å². The zero-order valence-corrected chi connectivity index (χ0v) is 11.3. The fraction of sp³-hybridized carbons (Fsp3) is 0.533. The highest BCUT2D eigenvalue weighted by Gasteiger charge is 2.18. The summed E-state index contributed by atoms with van der Waals surface area (Å²) in [5.74, 6) is 0.106. The summed E-state index contributed by atoms with van der Waals surface area (Å²) in [7, 11) is 0. The Morgan fingerprint density at radius 2 is 1.95 bits per heavy atom. The van der Waals surface area contributed by atoms with Gasteiger partial charge in [0.2, 0.25) is 5.91 Å². The van der Waals surface area contributed by atoms with E-state index < -0.39 is 6.10 Å². The molecule has 1 aliphatic rings. The van der Waals surface area contributed by atoms with Gasteiger partial charge in [0.15, 0.2) is 0 Å². The Balaban J connectivity index is 1.80. The lowest BCUT2D eigenvalue weighted by atomic mass is 10.0. The first-order chi connectivity index (χ1) is 9.16. The van der Waals surface area contributed by atoms with Crippen LogP contribution in [0.1, 0.15) is 30.1 Å². The topological polar surface area (TPSA) is 49.8 Å².